The van der Waals surface area contributed by atoms with Crippen molar-refractivity contribution in [1.82, 2.24) is 15.1 Å². The number of rotatable bonds is 6. The summed E-state index contributed by atoms with van der Waals surface area (Å²) in [7, 11) is 1.33. The van der Waals surface area contributed by atoms with Crippen LogP contribution in [0.3, 0.4) is 0 Å². The minimum absolute atomic E-state index is 0.149. The summed E-state index contributed by atoms with van der Waals surface area (Å²) >= 11 is 0. The molecule has 0 aliphatic rings. The number of para-hydroxylation sites is 1. The molecule has 6 heteroatoms. The zero-order valence-corrected chi connectivity index (χ0v) is 12.7. The minimum atomic E-state index is -0.343. The van der Waals surface area contributed by atoms with Crippen LogP contribution in [0.4, 0.5) is 0 Å². The molecule has 0 saturated heterocycles. The third kappa shape index (κ3) is 4.44. The number of carbonyl (C=O) groups is 2. The molecule has 6 nitrogen and oxygen atoms in total. The highest BCUT2D eigenvalue weighted by Crippen LogP contribution is 2.08. The molecule has 1 amide bonds. The van der Waals surface area contributed by atoms with Crippen LogP contribution >= 0.6 is 0 Å². The zero-order chi connectivity index (χ0) is 15.9. The maximum atomic E-state index is 11.9. The predicted octanol–water partition coefficient (Wildman–Crippen LogP) is 1.48. The predicted molar refractivity (Wildman–Crippen MR) is 81.5 cm³/mol. The van der Waals surface area contributed by atoms with Crippen molar-refractivity contribution < 1.29 is 14.3 Å². The molecule has 0 spiro atoms. The third-order valence-electron chi connectivity index (χ3n) is 3.13. The molecule has 0 saturated carbocycles. The van der Waals surface area contributed by atoms with E-state index < -0.39 is 0 Å². The molecule has 0 aliphatic carbocycles. The van der Waals surface area contributed by atoms with Crippen LogP contribution in [-0.4, -0.2) is 34.8 Å². The molecule has 1 atom stereocenters. The van der Waals surface area contributed by atoms with Gasteiger partial charge in [0, 0.05) is 12.2 Å². The van der Waals surface area contributed by atoms with Crippen molar-refractivity contribution in [3.63, 3.8) is 0 Å². The highest BCUT2D eigenvalue weighted by atomic mass is 16.5. The van der Waals surface area contributed by atoms with Gasteiger partial charge < -0.3 is 10.1 Å². The second-order valence-corrected chi connectivity index (χ2v) is 5.05. The van der Waals surface area contributed by atoms with Crippen molar-refractivity contribution in [2.24, 2.45) is 0 Å². The molecule has 1 unspecified atom stereocenters. The fourth-order valence-electron chi connectivity index (χ4n) is 2.07. The van der Waals surface area contributed by atoms with Crippen LogP contribution in [0.1, 0.15) is 18.9 Å². The summed E-state index contributed by atoms with van der Waals surface area (Å²) in [4.78, 5) is 23.1. The van der Waals surface area contributed by atoms with E-state index in [2.05, 4.69) is 15.2 Å². The monoisotopic (exact) mass is 301 g/mol. The molecule has 0 fully saturated rings. The lowest BCUT2D eigenvalue weighted by atomic mass is 10.2. The van der Waals surface area contributed by atoms with Crippen LogP contribution in [0.15, 0.2) is 42.7 Å². The first kappa shape index (κ1) is 15.8. The Labute approximate surface area is 129 Å². The highest BCUT2D eigenvalue weighted by molar-refractivity contribution is 5.79. The van der Waals surface area contributed by atoms with Crippen molar-refractivity contribution in [1.29, 1.82) is 0 Å². The van der Waals surface area contributed by atoms with Gasteiger partial charge in [0.05, 0.1) is 31.8 Å². The zero-order valence-electron chi connectivity index (χ0n) is 12.7. The number of hydrogen-bond donors (Lipinski definition) is 1. The van der Waals surface area contributed by atoms with Crippen molar-refractivity contribution in [3.8, 4) is 5.69 Å². The van der Waals surface area contributed by atoms with E-state index in [1.807, 2.05) is 36.5 Å². The molecular weight excluding hydrogens is 282 g/mol. The Hall–Kier alpha value is -2.63. The summed E-state index contributed by atoms with van der Waals surface area (Å²) in [6, 6.07) is 9.41. The maximum Gasteiger partial charge on any atom is 0.307 e. The molecule has 2 aromatic rings. The van der Waals surface area contributed by atoms with E-state index in [1.165, 1.54) is 7.11 Å². The van der Waals surface area contributed by atoms with Gasteiger partial charge in [0.2, 0.25) is 5.91 Å². The van der Waals surface area contributed by atoms with E-state index in [9.17, 15) is 9.59 Å². The van der Waals surface area contributed by atoms with Gasteiger partial charge in [-0.2, -0.15) is 5.10 Å². The van der Waals surface area contributed by atoms with E-state index in [0.29, 0.717) is 0 Å². The Balaban J connectivity index is 1.90. The number of amides is 1. The molecule has 22 heavy (non-hydrogen) atoms. The summed E-state index contributed by atoms with van der Waals surface area (Å²) in [5.74, 6) is -0.492. The highest BCUT2D eigenvalue weighted by Gasteiger charge is 2.13. The van der Waals surface area contributed by atoms with Gasteiger partial charge in [-0.1, -0.05) is 18.2 Å². The Bertz CT molecular complexity index is 637. The lowest BCUT2D eigenvalue weighted by Gasteiger charge is -2.11. The molecule has 1 N–H and O–H groups in total. The summed E-state index contributed by atoms with van der Waals surface area (Å²) in [5, 5.41) is 7.01. The Morgan fingerprint density at radius 1 is 1.32 bits per heavy atom. The normalized spacial score (nSPS) is 11.7. The second kappa shape index (κ2) is 7.40. The number of nitrogens with one attached hydrogen (secondary N) is 1. The van der Waals surface area contributed by atoms with Crippen LogP contribution in [0.5, 0.6) is 0 Å². The first-order chi connectivity index (χ1) is 10.6. The smallest absolute Gasteiger partial charge is 0.307 e. The van der Waals surface area contributed by atoms with Crippen molar-refractivity contribution in [3.05, 3.63) is 48.3 Å². The summed E-state index contributed by atoms with van der Waals surface area (Å²) in [6.07, 6.45) is 3.86. The van der Waals surface area contributed by atoms with E-state index in [1.54, 1.807) is 17.8 Å². The fraction of sp³-hybridized carbons (Fsp3) is 0.312. The quantitative estimate of drug-likeness (QED) is 0.820. The lowest BCUT2D eigenvalue weighted by Crippen LogP contribution is -2.35. The average molecular weight is 301 g/mol. The first-order valence-electron chi connectivity index (χ1n) is 7.03. The first-order valence-corrected chi connectivity index (χ1v) is 7.03. The largest absolute Gasteiger partial charge is 0.469 e. The number of carbonyl (C=O) groups excluding carboxylic acids is 2. The average Bonchev–Trinajstić information content (AvgIpc) is 2.96. The Kier molecular flexibility index (Phi) is 5.30. The number of hydrogen-bond acceptors (Lipinski definition) is 4. The number of methoxy groups -OCH3 is 1. The molecule has 0 radical (unpaired) electrons. The topological polar surface area (TPSA) is 73.2 Å². The van der Waals surface area contributed by atoms with Crippen LogP contribution in [0, 0.1) is 0 Å². The van der Waals surface area contributed by atoms with Gasteiger partial charge in [-0.15, -0.1) is 0 Å². The molecule has 2 rings (SSSR count). The number of ether oxygens (including phenoxy) is 1. The van der Waals surface area contributed by atoms with Gasteiger partial charge in [-0.05, 0) is 24.6 Å². The minimum Gasteiger partial charge on any atom is -0.469 e. The van der Waals surface area contributed by atoms with Gasteiger partial charge in [0.15, 0.2) is 0 Å². The third-order valence-corrected chi connectivity index (χ3v) is 3.13. The standard InChI is InChI=1S/C16H19N3O3/c1-12(8-16(21)22-2)18-15(20)9-13-10-17-19(11-13)14-6-4-3-5-7-14/h3-7,10-12H,8-9H2,1-2H3,(H,18,20). The SMILES string of the molecule is COC(=O)CC(C)NC(=O)Cc1cnn(-c2ccccc2)c1. The van der Waals surface area contributed by atoms with Gasteiger partial charge >= 0.3 is 5.97 Å². The Morgan fingerprint density at radius 2 is 2.05 bits per heavy atom. The van der Waals surface area contributed by atoms with Crippen LogP contribution < -0.4 is 5.32 Å². The summed E-state index contributed by atoms with van der Waals surface area (Å²) in [5.41, 5.74) is 1.75. The Morgan fingerprint density at radius 3 is 2.73 bits per heavy atom. The summed E-state index contributed by atoms with van der Waals surface area (Å²) in [6.45, 7) is 1.77. The van der Waals surface area contributed by atoms with E-state index in [-0.39, 0.29) is 30.8 Å². The number of benzene rings is 1. The van der Waals surface area contributed by atoms with Crippen molar-refractivity contribution >= 4 is 11.9 Å². The number of aromatic nitrogens is 2. The van der Waals surface area contributed by atoms with Crippen LogP contribution in [0.25, 0.3) is 5.69 Å². The molecule has 116 valence electrons. The summed E-state index contributed by atoms with van der Waals surface area (Å²) < 4.78 is 6.29. The van der Waals surface area contributed by atoms with E-state index in [4.69, 9.17) is 0 Å². The molecule has 0 aliphatic heterocycles. The molecule has 1 aromatic heterocycles. The molecule has 1 aromatic carbocycles. The molecule has 1 heterocycles. The van der Waals surface area contributed by atoms with Gasteiger partial charge in [-0.3, -0.25) is 9.59 Å². The fourth-order valence-corrected chi connectivity index (χ4v) is 2.07. The van der Waals surface area contributed by atoms with Gasteiger partial charge in [0.25, 0.3) is 0 Å². The molecule has 0 bridgehead atoms. The van der Waals surface area contributed by atoms with Crippen molar-refractivity contribution in [2.75, 3.05) is 7.11 Å². The number of nitrogens with zero attached hydrogens (tertiary/aromatic N) is 2. The lowest BCUT2D eigenvalue weighted by molar-refractivity contribution is -0.141. The number of esters is 1. The van der Waals surface area contributed by atoms with Gasteiger partial charge in [0.1, 0.15) is 0 Å². The van der Waals surface area contributed by atoms with E-state index in [0.717, 1.165) is 11.3 Å². The van der Waals surface area contributed by atoms with Crippen LogP contribution in [-0.2, 0) is 20.7 Å². The van der Waals surface area contributed by atoms with Gasteiger partial charge in [-0.25, -0.2) is 4.68 Å². The maximum absolute atomic E-state index is 11.9. The van der Waals surface area contributed by atoms with Crippen molar-refractivity contribution in [2.45, 2.75) is 25.8 Å². The molecular formula is C16H19N3O3. The van der Waals surface area contributed by atoms with E-state index >= 15 is 0 Å². The second-order valence-electron chi connectivity index (χ2n) is 5.05. The van der Waals surface area contributed by atoms with Crippen LogP contribution in [0.2, 0.25) is 0 Å².